The van der Waals surface area contributed by atoms with Crippen LogP contribution >= 0.6 is 0 Å². The molecule has 2 aromatic rings. The van der Waals surface area contributed by atoms with Gasteiger partial charge in [-0.15, -0.1) is 0 Å². The second kappa shape index (κ2) is 6.02. The van der Waals surface area contributed by atoms with Crippen molar-refractivity contribution in [1.29, 1.82) is 0 Å². The zero-order valence-electron chi connectivity index (χ0n) is 11.4. The Kier molecular flexibility index (Phi) is 4.15. The second-order valence-corrected chi connectivity index (χ2v) is 4.31. The highest BCUT2D eigenvalue weighted by atomic mass is 16.2. The molecule has 0 aliphatic carbocycles. The van der Waals surface area contributed by atoms with E-state index in [1.807, 2.05) is 24.3 Å². The monoisotopic (exact) mass is 268 g/mol. The van der Waals surface area contributed by atoms with Gasteiger partial charge < -0.3 is 10.6 Å². The normalized spacial score (nSPS) is 9.90. The van der Waals surface area contributed by atoms with Gasteiger partial charge in [-0.3, -0.25) is 9.59 Å². The molecule has 2 amide bonds. The maximum Gasteiger partial charge on any atom is 0.251 e. The van der Waals surface area contributed by atoms with Crippen molar-refractivity contribution in [1.82, 2.24) is 10.6 Å². The number of nitrogens with one attached hydrogen (secondary N) is 2. The van der Waals surface area contributed by atoms with Gasteiger partial charge in [0.25, 0.3) is 11.8 Å². The molecule has 0 radical (unpaired) electrons. The van der Waals surface area contributed by atoms with Crippen molar-refractivity contribution in [2.24, 2.45) is 0 Å². The van der Waals surface area contributed by atoms with E-state index >= 15 is 0 Å². The van der Waals surface area contributed by atoms with E-state index in [0.717, 1.165) is 11.1 Å². The van der Waals surface area contributed by atoms with E-state index in [-0.39, 0.29) is 11.8 Å². The summed E-state index contributed by atoms with van der Waals surface area (Å²) in [4.78, 5) is 22.9. The van der Waals surface area contributed by atoms with E-state index in [2.05, 4.69) is 10.6 Å². The third-order valence-corrected chi connectivity index (χ3v) is 3.08. The number of hydrogen-bond acceptors (Lipinski definition) is 2. The van der Waals surface area contributed by atoms with Crippen LogP contribution in [0, 0.1) is 0 Å². The van der Waals surface area contributed by atoms with Crippen molar-refractivity contribution in [2.75, 3.05) is 14.1 Å². The molecule has 0 atom stereocenters. The SMILES string of the molecule is CNC(=O)c1ccc(-c2ccc(C(=O)NC)cc2)cc1. The van der Waals surface area contributed by atoms with Gasteiger partial charge >= 0.3 is 0 Å². The van der Waals surface area contributed by atoms with Crippen LogP contribution in [0.5, 0.6) is 0 Å². The van der Waals surface area contributed by atoms with Crippen LogP contribution in [-0.4, -0.2) is 25.9 Å². The van der Waals surface area contributed by atoms with E-state index in [1.54, 1.807) is 38.4 Å². The smallest absolute Gasteiger partial charge is 0.251 e. The largest absolute Gasteiger partial charge is 0.355 e. The minimum atomic E-state index is -0.105. The molecule has 0 aliphatic rings. The van der Waals surface area contributed by atoms with Crippen molar-refractivity contribution in [2.45, 2.75) is 0 Å². The fourth-order valence-electron chi connectivity index (χ4n) is 1.92. The summed E-state index contributed by atoms with van der Waals surface area (Å²) in [5.74, 6) is -0.210. The number of amides is 2. The number of carbonyl (C=O) groups is 2. The Morgan fingerprint density at radius 3 is 1.20 bits per heavy atom. The molecule has 0 saturated heterocycles. The Bertz CT molecular complexity index is 558. The lowest BCUT2D eigenvalue weighted by Crippen LogP contribution is -2.17. The lowest BCUT2D eigenvalue weighted by Gasteiger charge is -2.05. The highest BCUT2D eigenvalue weighted by molar-refractivity contribution is 5.95. The summed E-state index contributed by atoms with van der Waals surface area (Å²) in [6.07, 6.45) is 0. The average Bonchev–Trinajstić information content (AvgIpc) is 2.53. The summed E-state index contributed by atoms with van der Waals surface area (Å²) in [5, 5.41) is 5.17. The molecular formula is C16H16N2O2. The maximum atomic E-state index is 11.5. The van der Waals surface area contributed by atoms with E-state index in [4.69, 9.17) is 0 Å². The summed E-state index contributed by atoms with van der Waals surface area (Å²) >= 11 is 0. The topological polar surface area (TPSA) is 58.2 Å². The molecule has 102 valence electrons. The molecule has 2 N–H and O–H groups in total. The summed E-state index contributed by atoms with van der Waals surface area (Å²) in [6, 6.07) is 14.7. The van der Waals surface area contributed by atoms with E-state index in [1.165, 1.54) is 0 Å². The summed E-state index contributed by atoms with van der Waals surface area (Å²) in [5.41, 5.74) is 3.25. The lowest BCUT2D eigenvalue weighted by molar-refractivity contribution is 0.0955. The Morgan fingerprint density at radius 2 is 0.950 bits per heavy atom. The molecule has 0 aromatic heterocycles. The summed E-state index contributed by atoms with van der Waals surface area (Å²) < 4.78 is 0. The van der Waals surface area contributed by atoms with Gasteiger partial charge in [-0.25, -0.2) is 0 Å². The molecule has 0 heterocycles. The molecule has 4 nitrogen and oxygen atoms in total. The third-order valence-electron chi connectivity index (χ3n) is 3.08. The first-order chi connectivity index (χ1) is 9.65. The summed E-state index contributed by atoms with van der Waals surface area (Å²) in [6.45, 7) is 0. The van der Waals surface area contributed by atoms with E-state index < -0.39 is 0 Å². The molecular weight excluding hydrogens is 252 g/mol. The molecule has 0 bridgehead atoms. The van der Waals surface area contributed by atoms with Crippen LogP contribution in [0.25, 0.3) is 11.1 Å². The molecule has 0 saturated carbocycles. The van der Waals surface area contributed by atoms with Crippen LogP contribution in [-0.2, 0) is 0 Å². The standard InChI is InChI=1S/C16H16N2O2/c1-17-15(19)13-7-3-11(4-8-13)12-5-9-14(10-6-12)16(20)18-2/h3-10H,1-2H3,(H,17,19)(H,18,20). The van der Waals surface area contributed by atoms with Crippen LogP contribution in [0.3, 0.4) is 0 Å². The van der Waals surface area contributed by atoms with Crippen molar-refractivity contribution in [3.8, 4) is 11.1 Å². The fourth-order valence-corrected chi connectivity index (χ4v) is 1.92. The molecule has 4 heteroatoms. The van der Waals surface area contributed by atoms with E-state index in [0.29, 0.717) is 11.1 Å². The van der Waals surface area contributed by atoms with Gasteiger partial charge in [-0.2, -0.15) is 0 Å². The highest BCUT2D eigenvalue weighted by Crippen LogP contribution is 2.20. The average molecular weight is 268 g/mol. The van der Waals surface area contributed by atoms with Gasteiger partial charge in [-0.1, -0.05) is 24.3 Å². The Hall–Kier alpha value is -2.62. The first-order valence-electron chi connectivity index (χ1n) is 6.30. The maximum absolute atomic E-state index is 11.5. The predicted molar refractivity (Wildman–Crippen MR) is 78.7 cm³/mol. The second-order valence-electron chi connectivity index (χ2n) is 4.31. The van der Waals surface area contributed by atoms with Crippen LogP contribution in [0.15, 0.2) is 48.5 Å². The number of carbonyl (C=O) groups excluding carboxylic acids is 2. The summed E-state index contributed by atoms with van der Waals surface area (Å²) in [7, 11) is 3.21. The zero-order valence-corrected chi connectivity index (χ0v) is 11.4. The van der Waals surface area contributed by atoms with Crippen molar-refractivity contribution in [3.63, 3.8) is 0 Å². The first kappa shape index (κ1) is 13.8. The third kappa shape index (κ3) is 2.85. The minimum Gasteiger partial charge on any atom is -0.355 e. The highest BCUT2D eigenvalue weighted by Gasteiger charge is 2.05. The van der Waals surface area contributed by atoms with Crippen LogP contribution in [0.1, 0.15) is 20.7 Å². The number of hydrogen-bond donors (Lipinski definition) is 2. The number of benzene rings is 2. The molecule has 0 unspecified atom stereocenters. The van der Waals surface area contributed by atoms with Gasteiger partial charge in [0.1, 0.15) is 0 Å². The fraction of sp³-hybridized carbons (Fsp3) is 0.125. The lowest BCUT2D eigenvalue weighted by atomic mass is 10.0. The Morgan fingerprint density at radius 1 is 0.650 bits per heavy atom. The van der Waals surface area contributed by atoms with E-state index in [9.17, 15) is 9.59 Å². The number of rotatable bonds is 3. The van der Waals surface area contributed by atoms with Crippen molar-refractivity contribution in [3.05, 3.63) is 59.7 Å². The van der Waals surface area contributed by atoms with Crippen LogP contribution in [0.4, 0.5) is 0 Å². The molecule has 0 spiro atoms. The van der Waals surface area contributed by atoms with Crippen molar-refractivity contribution >= 4 is 11.8 Å². The van der Waals surface area contributed by atoms with Crippen LogP contribution in [0.2, 0.25) is 0 Å². The predicted octanol–water partition coefficient (Wildman–Crippen LogP) is 2.07. The Labute approximate surface area is 117 Å². The quantitative estimate of drug-likeness (QED) is 0.895. The first-order valence-corrected chi connectivity index (χ1v) is 6.30. The molecule has 20 heavy (non-hydrogen) atoms. The molecule has 0 fully saturated rings. The van der Waals surface area contributed by atoms with Gasteiger partial charge in [0.05, 0.1) is 0 Å². The van der Waals surface area contributed by atoms with Gasteiger partial charge in [0.15, 0.2) is 0 Å². The zero-order chi connectivity index (χ0) is 14.5. The van der Waals surface area contributed by atoms with Crippen LogP contribution < -0.4 is 10.6 Å². The Balaban J connectivity index is 2.23. The van der Waals surface area contributed by atoms with Gasteiger partial charge in [0.2, 0.25) is 0 Å². The minimum absolute atomic E-state index is 0.105. The molecule has 0 aliphatic heterocycles. The molecule has 2 aromatic carbocycles. The van der Waals surface area contributed by atoms with Gasteiger partial charge in [0, 0.05) is 25.2 Å². The molecule has 2 rings (SSSR count). The van der Waals surface area contributed by atoms with Crippen molar-refractivity contribution < 1.29 is 9.59 Å². The van der Waals surface area contributed by atoms with Gasteiger partial charge in [-0.05, 0) is 35.4 Å².